The number of carbonyl (C=O) groups excluding carboxylic acids is 1. The largest absolute Gasteiger partial charge is 0.629 e. The molecular formula is C38H35O8P. The lowest BCUT2D eigenvalue weighted by atomic mass is 9.80. The second-order valence-corrected chi connectivity index (χ2v) is 13.3. The predicted molar refractivity (Wildman–Crippen MR) is 176 cm³/mol. The summed E-state index contributed by atoms with van der Waals surface area (Å²) < 4.78 is 24.5. The molecule has 1 unspecified atom stereocenters. The molecule has 0 aromatic heterocycles. The van der Waals surface area contributed by atoms with Crippen molar-refractivity contribution >= 4 is 13.9 Å². The Balaban J connectivity index is 1.38. The fourth-order valence-electron chi connectivity index (χ4n) is 5.75. The van der Waals surface area contributed by atoms with E-state index in [2.05, 4.69) is 0 Å². The molecule has 1 aliphatic heterocycles. The van der Waals surface area contributed by atoms with Crippen LogP contribution in [0.1, 0.15) is 32.6 Å². The fourth-order valence-corrected chi connectivity index (χ4v) is 7.52. The van der Waals surface area contributed by atoms with Gasteiger partial charge in [-0.15, -0.1) is 0 Å². The minimum absolute atomic E-state index is 0.147. The predicted octanol–water partition coefficient (Wildman–Crippen LogP) is 5.64. The Bertz CT molecular complexity index is 1610. The molecule has 1 heterocycles. The first-order chi connectivity index (χ1) is 22.9. The molecule has 0 bridgehead atoms. The van der Waals surface area contributed by atoms with Crippen LogP contribution in [0.25, 0.3) is 0 Å². The molecule has 6 rings (SSSR count). The zero-order valence-corrected chi connectivity index (χ0v) is 26.3. The van der Waals surface area contributed by atoms with Crippen LogP contribution in [-0.4, -0.2) is 46.9 Å². The summed E-state index contributed by atoms with van der Waals surface area (Å²) in [5.41, 5.74) is 2.13. The first-order valence-electron chi connectivity index (χ1n) is 15.3. The maximum absolute atomic E-state index is 14.1. The van der Waals surface area contributed by atoms with E-state index in [1.165, 1.54) is 0 Å². The van der Waals surface area contributed by atoms with Crippen molar-refractivity contribution in [3.8, 4) is 0 Å². The van der Waals surface area contributed by atoms with E-state index in [0.29, 0.717) is 5.56 Å². The van der Waals surface area contributed by atoms with E-state index < -0.39 is 43.7 Å². The van der Waals surface area contributed by atoms with Gasteiger partial charge in [0.2, 0.25) is 5.85 Å². The molecule has 1 saturated heterocycles. The summed E-state index contributed by atoms with van der Waals surface area (Å²) in [6.45, 7) is -0.459. The first kappa shape index (κ1) is 32.7. The van der Waals surface area contributed by atoms with Gasteiger partial charge in [-0.1, -0.05) is 140 Å². The molecule has 0 aliphatic carbocycles. The number of carbonyl (C=O) groups is 1. The summed E-state index contributed by atoms with van der Waals surface area (Å²) in [5.74, 6) is -2.74. The zero-order valence-electron chi connectivity index (χ0n) is 25.4. The van der Waals surface area contributed by atoms with Gasteiger partial charge in [0, 0.05) is 0 Å². The fraction of sp³-hybridized carbons (Fsp3) is 0.184. The quantitative estimate of drug-likeness (QED) is 0.107. The molecule has 2 N–H and O–H groups in total. The maximum Gasteiger partial charge on any atom is 0.338 e. The minimum atomic E-state index is -4.40. The molecule has 240 valence electrons. The highest BCUT2D eigenvalue weighted by molar-refractivity contribution is 7.59. The van der Waals surface area contributed by atoms with Gasteiger partial charge in [0.15, 0.2) is 18.3 Å². The van der Waals surface area contributed by atoms with E-state index in [0.717, 1.165) is 16.7 Å². The summed E-state index contributed by atoms with van der Waals surface area (Å²) in [4.78, 5) is 27.4. The lowest BCUT2D eigenvalue weighted by Gasteiger charge is -2.45. The molecule has 8 nitrogen and oxygen atoms in total. The molecule has 0 amide bonds. The molecule has 5 aromatic carbocycles. The molecule has 0 saturated carbocycles. The maximum atomic E-state index is 14.1. The highest BCUT2D eigenvalue weighted by Crippen LogP contribution is 2.62. The summed E-state index contributed by atoms with van der Waals surface area (Å²) in [5, 5.41) is 22.5. The Kier molecular flexibility index (Phi) is 10.2. The van der Waals surface area contributed by atoms with Crippen molar-refractivity contribution in [3.63, 3.8) is 0 Å². The molecular weight excluding hydrogens is 615 g/mol. The Labute approximate surface area is 274 Å². The smallest absolute Gasteiger partial charge is 0.338 e. The highest BCUT2D eigenvalue weighted by Gasteiger charge is 2.59. The second kappa shape index (κ2) is 14.7. The summed E-state index contributed by atoms with van der Waals surface area (Å²) in [6.07, 6.45) is -4.58. The van der Waals surface area contributed by atoms with Gasteiger partial charge in [0.25, 0.3) is 7.94 Å². The monoisotopic (exact) mass is 650 g/mol. The normalized spacial score (nSPS) is 22.8. The van der Waals surface area contributed by atoms with Gasteiger partial charge in [0.1, 0.15) is 12.2 Å². The number of ether oxygens (including phenoxy) is 2. The third kappa shape index (κ3) is 7.05. The van der Waals surface area contributed by atoms with Crippen molar-refractivity contribution in [2.75, 3.05) is 6.61 Å². The molecule has 47 heavy (non-hydrogen) atoms. The van der Waals surface area contributed by atoms with Gasteiger partial charge < -0.3 is 24.6 Å². The van der Waals surface area contributed by atoms with E-state index >= 15 is 0 Å². The van der Waals surface area contributed by atoms with E-state index in [4.69, 9.17) is 18.5 Å². The molecule has 0 radical (unpaired) electrons. The van der Waals surface area contributed by atoms with Crippen LogP contribution in [0.5, 0.6) is 0 Å². The number of esters is 1. The number of aliphatic hydroxyl groups excluding tert-OH is 2. The van der Waals surface area contributed by atoms with E-state index in [1.54, 1.807) is 54.6 Å². The van der Waals surface area contributed by atoms with Gasteiger partial charge in [0.05, 0.1) is 12.2 Å². The summed E-state index contributed by atoms with van der Waals surface area (Å²) in [6, 6.07) is 46.1. The molecule has 5 aromatic rings. The topological polar surface area (TPSA) is 118 Å². The van der Waals surface area contributed by atoms with Crippen LogP contribution >= 0.6 is 7.94 Å². The molecule has 0 spiro atoms. The highest BCUT2D eigenvalue weighted by atomic mass is 31.2. The molecule has 1 fully saturated rings. The van der Waals surface area contributed by atoms with Crippen molar-refractivity contribution in [2.24, 2.45) is 0 Å². The van der Waals surface area contributed by atoms with E-state index in [1.807, 2.05) is 97.1 Å². The lowest BCUT2D eigenvalue weighted by Crippen LogP contribution is -2.57. The Morgan fingerprint density at radius 1 is 0.702 bits per heavy atom. The number of hydrogen-bond acceptors (Lipinski definition) is 8. The summed E-state index contributed by atoms with van der Waals surface area (Å²) >= 11 is 0. The lowest BCUT2D eigenvalue weighted by molar-refractivity contribution is -0.262. The van der Waals surface area contributed by atoms with Crippen LogP contribution in [0.15, 0.2) is 152 Å². The number of rotatable bonds is 11. The SMILES string of the molecule is O=C(O[C@@H]1[C@@H](O)[C@@H](O)[P+]([O-])(OCc2ccccc2)O[C@@H]1COC(c1ccccc1)(c1ccccc1)c1ccccc1)c1ccccc1. The molecule has 9 heteroatoms. The van der Waals surface area contributed by atoms with Crippen molar-refractivity contribution < 1.29 is 38.4 Å². The van der Waals surface area contributed by atoms with Crippen LogP contribution in [-0.2, 0) is 30.7 Å². The number of aliphatic hydroxyl groups is 2. The van der Waals surface area contributed by atoms with Crippen molar-refractivity contribution in [1.82, 2.24) is 0 Å². The molecule has 1 aliphatic rings. The van der Waals surface area contributed by atoms with Crippen LogP contribution in [0.3, 0.4) is 0 Å². The number of hydrogen-bond donors (Lipinski definition) is 2. The van der Waals surface area contributed by atoms with Crippen LogP contribution < -0.4 is 4.89 Å². The first-order valence-corrected chi connectivity index (χ1v) is 16.9. The van der Waals surface area contributed by atoms with Gasteiger partial charge >= 0.3 is 5.97 Å². The van der Waals surface area contributed by atoms with Crippen molar-refractivity contribution in [1.29, 1.82) is 0 Å². The van der Waals surface area contributed by atoms with Crippen molar-refractivity contribution in [3.05, 3.63) is 179 Å². The van der Waals surface area contributed by atoms with E-state index in [9.17, 15) is 19.9 Å². The second-order valence-electron chi connectivity index (χ2n) is 11.2. The summed E-state index contributed by atoms with van der Waals surface area (Å²) in [7, 11) is -4.40. The molecule has 5 atom stereocenters. The minimum Gasteiger partial charge on any atom is -0.629 e. The Hall–Kier alpha value is -4.24. The van der Waals surface area contributed by atoms with Gasteiger partial charge in [-0.2, -0.15) is 4.52 Å². The van der Waals surface area contributed by atoms with Gasteiger partial charge in [-0.3, -0.25) is 0 Å². The van der Waals surface area contributed by atoms with Gasteiger partial charge in [-0.25, -0.2) is 9.32 Å². The third-order valence-corrected chi connectivity index (χ3v) is 10.1. The van der Waals surface area contributed by atoms with Crippen molar-refractivity contribution in [2.45, 2.75) is 36.4 Å². The standard InChI is InChI=1S/C38H35O8P/c39-34-35(45-36(40)29-18-8-2-9-19-29)33(46-47(42,37(34)41)44-26-28-16-6-1-7-17-28)27-43-38(30-20-10-3-11-21-30,31-22-12-4-13-23-31)32-24-14-5-15-25-32/h1-25,33-35,37,39,41H,26-27H2/t33-,34-,35+,37+,47?/m1/s1. The Morgan fingerprint density at radius 2 is 1.15 bits per heavy atom. The van der Waals surface area contributed by atoms with Crippen LogP contribution in [0, 0.1) is 0 Å². The van der Waals surface area contributed by atoms with Crippen LogP contribution in [0.2, 0.25) is 0 Å². The number of benzene rings is 5. The third-order valence-electron chi connectivity index (χ3n) is 8.13. The van der Waals surface area contributed by atoms with Gasteiger partial charge in [-0.05, 0) is 34.4 Å². The van der Waals surface area contributed by atoms with E-state index in [-0.39, 0.29) is 18.8 Å². The average Bonchev–Trinajstić information content (AvgIpc) is 3.14. The van der Waals surface area contributed by atoms with Crippen LogP contribution in [0.4, 0.5) is 0 Å². The average molecular weight is 651 g/mol. The Morgan fingerprint density at radius 3 is 1.64 bits per heavy atom. The zero-order chi connectivity index (χ0) is 32.7.